The van der Waals surface area contributed by atoms with Crippen LogP contribution in [0.1, 0.15) is 12.0 Å². The van der Waals surface area contributed by atoms with Crippen LogP contribution < -0.4 is 5.32 Å². The molecule has 6 heteroatoms. The molecule has 0 aliphatic heterocycles. The van der Waals surface area contributed by atoms with Gasteiger partial charge in [0.2, 0.25) is 5.91 Å². The van der Waals surface area contributed by atoms with Crippen molar-refractivity contribution in [3.8, 4) is 22.5 Å². The Morgan fingerprint density at radius 2 is 1.69 bits per heavy atom. The van der Waals surface area contributed by atoms with Crippen LogP contribution in [0.15, 0.2) is 97.4 Å². The summed E-state index contributed by atoms with van der Waals surface area (Å²) in [6.07, 6.45) is 10.8. The van der Waals surface area contributed by atoms with Gasteiger partial charge in [0, 0.05) is 29.2 Å². The third-order valence-electron chi connectivity index (χ3n) is 5.30. The molecule has 0 atom stereocenters. The second kappa shape index (κ2) is 8.81. The molecule has 0 saturated carbocycles. The molecule has 1 aliphatic carbocycles. The van der Waals surface area contributed by atoms with E-state index in [0.717, 1.165) is 34.5 Å². The van der Waals surface area contributed by atoms with E-state index in [1.54, 1.807) is 17.1 Å². The zero-order chi connectivity index (χ0) is 21.8. The van der Waals surface area contributed by atoms with Crippen LogP contribution in [0.2, 0.25) is 0 Å². The lowest BCUT2D eigenvalue weighted by atomic mass is 10.1. The number of hydrogen-bond donors (Lipinski definition) is 1. The van der Waals surface area contributed by atoms with Crippen LogP contribution in [-0.4, -0.2) is 25.9 Å². The van der Waals surface area contributed by atoms with Gasteiger partial charge in [-0.1, -0.05) is 65.9 Å². The minimum atomic E-state index is -0.166. The summed E-state index contributed by atoms with van der Waals surface area (Å²) >= 11 is 0. The number of carbonyl (C=O) groups excluding carboxylic acids is 1. The van der Waals surface area contributed by atoms with Crippen LogP contribution >= 0.6 is 0 Å². The van der Waals surface area contributed by atoms with E-state index in [1.807, 2.05) is 66.7 Å². The monoisotopic (exact) mass is 419 g/mol. The molecular weight excluding hydrogens is 398 g/mol. The fraction of sp³-hybridized carbons (Fsp3) is 0.0769. The Kier molecular flexibility index (Phi) is 5.41. The fourth-order valence-corrected chi connectivity index (χ4v) is 3.76. The largest absolute Gasteiger partial charge is 0.324 e. The molecule has 32 heavy (non-hydrogen) atoms. The fourth-order valence-electron chi connectivity index (χ4n) is 3.76. The van der Waals surface area contributed by atoms with Gasteiger partial charge in [-0.2, -0.15) is 0 Å². The molecular formula is C26H21N5O. The molecule has 4 aromatic rings. The number of hydrogen-bond acceptors (Lipinski definition) is 4. The van der Waals surface area contributed by atoms with Crippen molar-refractivity contribution in [3.63, 3.8) is 0 Å². The molecule has 1 amide bonds. The van der Waals surface area contributed by atoms with Gasteiger partial charge in [0.25, 0.3) is 0 Å². The Hall–Kier alpha value is -4.32. The lowest BCUT2D eigenvalue weighted by Crippen LogP contribution is -2.20. The van der Waals surface area contributed by atoms with Crippen molar-refractivity contribution in [1.82, 2.24) is 20.0 Å². The molecule has 5 rings (SSSR count). The van der Waals surface area contributed by atoms with Crippen LogP contribution in [0.3, 0.4) is 0 Å². The van der Waals surface area contributed by atoms with Crippen molar-refractivity contribution in [3.05, 3.63) is 103 Å². The predicted molar refractivity (Wildman–Crippen MR) is 125 cm³/mol. The van der Waals surface area contributed by atoms with E-state index in [2.05, 4.69) is 38.8 Å². The normalized spacial score (nSPS) is 12.6. The van der Waals surface area contributed by atoms with E-state index in [4.69, 9.17) is 0 Å². The Labute approximate surface area is 185 Å². The molecule has 0 spiro atoms. The molecule has 1 N–H and O–H groups in total. The Bertz CT molecular complexity index is 1290. The van der Waals surface area contributed by atoms with E-state index < -0.39 is 0 Å². The number of benzene rings is 2. The molecule has 0 radical (unpaired) electrons. The highest BCUT2D eigenvalue weighted by Crippen LogP contribution is 2.30. The van der Waals surface area contributed by atoms with Gasteiger partial charge in [-0.25, -0.2) is 4.68 Å². The van der Waals surface area contributed by atoms with Crippen LogP contribution in [0, 0.1) is 0 Å². The minimum absolute atomic E-state index is 0.0535. The van der Waals surface area contributed by atoms with Crippen molar-refractivity contribution in [2.24, 2.45) is 0 Å². The molecule has 0 unspecified atom stereocenters. The van der Waals surface area contributed by atoms with E-state index in [1.165, 1.54) is 5.57 Å². The van der Waals surface area contributed by atoms with E-state index in [-0.39, 0.29) is 12.5 Å². The van der Waals surface area contributed by atoms with Crippen molar-refractivity contribution >= 4 is 17.2 Å². The van der Waals surface area contributed by atoms with Crippen LogP contribution in [-0.2, 0) is 11.3 Å². The number of aromatic nitrogens is 4. The number of rotatable bonds is 6. The maximum Gasteiger partial charge on any atom is 0.246 e. The zero-order valence-electron chi connectivity index (χ0n) is 17.3. The number of amides is 1. The number of nitrogens with zero attached hydrogens (tertiary/aromatic N) is 4. The zero-order valence-corrected chi connectivity index (χ0v) is 17.3. The highest BCUT2D eigenvalue weighted by atomic mass is 16.2. The van der Waals surface area contributed by atoms with E-state index in [0.29, 0.717) is 5.69 Å². The molecule has 0 fully saturated rings. The Balaban J connectivity index is 1.38. The summed E-state index contributed by atoms with van der Waals surface area (Å²) in [5.41, 5.74) is 6.45. The van der Waals surface area contributed by atoms with Gasteiger partial charge < -0.3 is 5.32 Å². The van der Waals surface area contributed by atoms with Gasteiger partial charge in [0.1, 0.15) is 12.2 Å². The van der Waals surface area contributed by atoms with Gasteiger partial charge in [-0.3, -0.25) is 9.78 Å². The standard InChI is InChI=1S/C26H21N5O/c32-24(28-23-12-10-20(11-13-23)19-6-4-5-7-19)18-31-26(22-8-2-1-3-9-22)25(29-30-31)21-14-16-27-17-15-21/h1-4,6-17H,5,18H2,(H,28,32). The van der Waals surface area contributed by atoms with Crippen LogP contribution in [0.25, 0.3) is 28.1 Å². The van der Waals surface area contributed by atoms with Crippen molar-refractivity contribution in [1.29, 1.82) is 0 Å². The average Bonchev–Trinajstić information content (AvgIpc) is 3.51. The summed E-state index contributed by atoms with van der Waals surface area (Å²) < 4.78 is 1.64. The number of allylic oxidation sites excluding steroid dienone is 4. The third kappa shape index (κ3) is 4.11. The summed E-state index contributed by atoms with van der Waals surface area (Å²) in [5, 5.41) is 11.6. The van der Waals surface area contributed by atoms with Crippen LogP contribution in [0.5, 0.6) is 0 Å². The van der Waals surface area contributed by atoms with Crippen LogP contribution in [0.4, 0.5) is 5.69 Å². The molecule has 2 aromatic carbocycles. The SMILES string of the molecule is O=C(Cn1nnc(-c2ccncc2)c1-c1ccccc1)Nc1ccc(C2=CCC=C2)cc1. The smallest absolute Gasteiger partial charge is 0.246 e. The molecule has 1 aliphatic rings. The lowest BCUT2D eigenvalue weighted by Gasteiger charge is -2.10. The summed E-state index contributed by atoms with van der Waals surface area (Å²) in [7, 11) is 0. The molecule has 6 nitrogen and oxygen atoms in total. The first-order valence-electron chi connectivity index (χ1n) is 10.4. The van der Waals surface area contributed by atoms with Crippen molar-refractivity contribution in [2.75, 3.05) is 5.32 Å². The summed E-state index contributed by atoms with van der Waals surface area (Å²) in [6.45, 7) is 0.0535. The topological polar surface area (TPSA) is 72.7 Å². The number of pyridine rings is 1. The Morgan fingerprint density at radius 3 is 2.41 bits per heavy atom. The quantitative estimate of drug-likeness (QED) is 0.478. The Morgan fingerprint density at radius 1 is 0.906 bits per heavy atom. The summed E-state index contributed by atoms with van der Waals surface area (Å²) in [4.78, 5) is 16.9. The first kappa shape index (κ1) is 19.6. The first-order valence-corrected chi connectivity index (χ1v) is 10.4. The maximum atomic E-state index is 12.8. The van der Waals surface area contributed by atoms with Crippen molar-refractivity contribution < 1.29 is 4.79 Å². The number of anilines is 1. The van der Waals surface area contributed by atoms with Gasteiger partial charge in [0.05, 0.1) is 5.69 Å². The summed E-state index contributed by atoms with van der Waals surface area (Å²) in [5.74, 6) is -0.166. The molecule has 2 aromatic heterocycles. The maximum absolute atomic E-state index is 12.8. The number of carbonyl (C=O) groups is 1. The average molecular weight is 419 g/mol. The third-order valence-corrected chi connectivity index (χ3v) is 5.30. The highest BCUT2D eigenvalue weighted by molar-refractivity contribution is 5.91. The van der Waals surface area contributed by atoms with Gasteiger partial charge in [0.15, 0.2) is 0 Å². The predicted octanol–water partition coefficient (Wildman–Crippen LogP) is 4.99. The second-order valence-electron chi connectivity index (χ2n) is 7.47. The van der Waals surface area contributed by atoms with E-state index >= 15 is 0 Å². The van der Waals surface area contributed by atoms with E-state index in [9.17, 15) is 4.79 Å². The molecule has 156 valence electrons. The first-order chi connectivity index (χ1) is 15.8. The van der Waals surface area contributed by atoms with Gasteiger partial charge in [-0.15, -0.1) is 5.10 Å². The van der Waals surface area contributed by atoms with Gasteiger partial charge >= 0.3 is 0 Å². The second-order valence-corrected chi connectivity index (χ2v) is 7.47. The molecule has 2 heterocycles. The molecule has 0 saturated heterocycles. The van der Waals surface area contributed by atoms with Gasteiger partial charge in [-0.05, 0) is 41.8 Å². The molecule has 0 bridgehead atoms. The number of nitrogens with one attached hydrogen (secondary N) is 1. The summed E-state index contributed by atoms with van der Waals surface area (Å²) in [6, 6.07) is 21.5. The minimum Gasteiger partial charge on any atom is -0.324 e. The lowest BCUT2D eigenvalue weighted by molar-refractivity contribution is -0.116. The highest BCUT2D eigenvalue weighted by Gasteiger charge is 2.18. The van der Waals surface area contributed by atoms with Crippen molar-refractivity contribution in [2.45, 2.75) is 13.0 Å².